The molecule has 0 aromatic heterocycles. The summed E-state index contributed by atoms with van der Waals surface area (Å²) in [6.45, 7) is 0. The van der Waals surface area contributed by atoms with Crippen LogP contribution in [0.5, 0.6) is 0 Å². The van der Waals surface area contributed by atoms with Gasteiger partial charge in [-0.2, -0.15) is 0 Å². The Bertz CT molecular complexity index is 456. The summed E-state index contributed by atoms with van der Waals surface area (Å²) in [6, 6.07) is 0.0307. The van der Waals surface area contributed by atoms with Gasteiger partial charge < -0.3 is 10.5 Å². The van der Waals surface area contributed by atoms with Gasteiger partial charge in [-0.3, -0.25) is 4.79 Å². The first-order chi connectivity index (χ1) is 8.36. The van der Waals surface area contributed by atoms with Crippen molar-refractivity contribution < 1.29 is 22.7 Å². The Hall–Kier alpha value is -1.27. The van der Waals surface area contributed by atoms with Crippen molar-refractivity contribution in [3.8, 4) is 0 Å². The summed E-state index contributed by atoms with van der Waals surface area (Å²) in [4.78, 5) is 11.0. The fraction of sp³-hybridized carbons (Fsp3) is 0.364. The van der Waals surface area contributed by atoms with Crippen LogP contribution in [-0.4, -0.2) is 19.1 Å². The van der Waals surface area contributed by atoms with Gasteiger partial charge in [-0.1, -0.05) is 0 Å². The molecule has 2 atom stereocenters. The molecule has 0 saturated heterocycles. The molecule has 1 aromatic rings. The molecule has 0 fully saturated rings. The largest absolute Gasteiger partial charge is 0.469 e. The summed E-state index contributed by atoms with van der Waals surface area (Å²) >= 11 is 5.83. The Labute approximate surface area is 107 Å². The Balaban J connectivity index is 2.93. The lowest BCUT2D eigenvalue weighted by molar-refractivity contribution is -0.141. The summed E-state index contributed by atoms with van der Waals surface area (Å²) in [5, 5.41) is -1.17. The number of alkyl halides is 1. The highest BCUT2D eigenvalue weighted by Gasteiger charge is 2.24. The van der Waals surface area contributed by atoms with Crippen LogP contribution in [0.1, 0.15) is 17.4 Å². The molecule has 0 aliphatic carbocycles. The minimum Gasteiger partial charge on any atom is -0.469 e. The number of nitrogens with two attached hydrogens (primary N) is 1. The monoisotopic (exact) mass is 281 g/mol. The summed E-state index contributed by atoms with van der Waals surface area (Å²) in [6.07, 6.45) is -0.261. The van der Waals surface area contributed by atoms with Gasteiger partial charge in [0, 0.05) is 17.7 Å². The standard InChI is InChI=1S/C11H11ClF3NO2/c1-18-10(17)4-9(16)11(12)5-2-7(14)8(15)3-6(5)13/h2-3,9,11H,4,16H2,1H3/t9-,11?/m1/s1. The Kier molecular flexibility index (Phi) is 4.98. The maximum absolute atomic E-state index is 13.4. The van der Waals surface area contributed by atoms with Gasteiger partial charge in [0.1, 0.15) is 5.82 Å². The van der Waals surface area contributed by atoms with E-state index in [2.05, 4.69) is 4.74 Å². The molecule has 18 heavy (non-hydrogen) atoms. The molecule has 2 N–H and O–H groups in total. The van der Waals surface area contributed by atoms with Crippen molar-refractivity contribution in [2.45, 2.75) is 17.8 Å². The molecule has 0 amide bonds. The number of benzene rings is 1. The maximum atomic E-state index is 13.4. The van der Waals surface area contributed by atoms with Crippen LogP contribution in [0.4, 0.5) is 13.2 Å². The number of rotatable bonds is 4. The summed E-state index contributed by atoms with van der Waals surface area (Å²) in [5.74, 6) is -4.20. The number of esters is 1. The van der Waals surface area contributed by atoms with Gasteiger partial charge in [0.05, 0.1) is 18.9 Å². The molecule has 0 aliphatic rings. The van der Waals surface area contributed by atoms with E-state index in [1.54, 1.807) is 0 Å². The molecule has 3 nitrogen and oxygen atoms in total. The predicted molar refractivity (Wildman–Crippen MR) is 59.5 cm³/mol. The smallest absolute Gasteiger partial charge is 0.307 e. The number of carbonyl (C=O) groups excluding carboxylic acids is 1. The van der Waals surface area contributed by atoms with E-state index in [-0.39, 0.29) is 12.0 Å². The minimum absolute atomic E-state index is 0.261. The Morgan fingerprint density at radius 3 is 2.44 bits per heavy atom. The zero-order valence-corrected chi connectivity index (χ0v) is 10.2. The third-order valence-electron chi connectivity index (χ3n) is 2.34. The SMILES string of the molecule is COC(=O)C[C@@H](N)C(Cl)c1cc(F)c(F)cc1F. The average Bonchev–Trinajstić information content (AvgIpc) is 2.32. The van der Waals surface area contributed by atoms with Crippen molar-refractivity contribution in [2.24, 2.45) is 5.73 Å². The highest BCUT2D eigenvalue weighted by atomic mass is 35.5. The van der Waals surface area contributed by atoms with E-state index in [9.17, 15) is 18.0 Å². The highest BCUT2D eigenvalue weighted by molar-refractivity contribution is 6.21. The zero-order chi connectivity index (χ0) is 13.9. The first-order valence-electron chi connectivity index (χ1n) is 4.97. The van der Waals surface area contributed by atoms with Gasteiger partial charge in [0.15, 0.2) is 11.6 Å². The fourth-order valence-corrected chi connectivity index (χ4v) is 1.62. The van der Waals surface area contributed by atoms with Crippen LogP contribution in [0.2, 0.25) is 0 Å². The molecule has 100 valence electrons. The van der Waals surface area contributed by atoms with Gasteiger partial charge >= 0.3 is 5.97 Å². The van der Waals surface area contributed by atoms with E-state index < -0.39 is 34.8 Å². The van der Waals surface area contributed by atoms with E-state index in [1.807, 2.05) is 0 Å². The molecule has 0 heterocycles. The van der Waals surface area contributed by atoms with E-state index >= 15 is 0 Å². The Morgan fingerprint density at radius 1 is 1.33 bits per heavy atom. The van der Waals surface area contributed by atoms with E-state index in [0.717, 1.165) is 7.11 Å². The lowest BCUT2D eigenvalue weighted by atomic mass is 10.0. The third kappa shape index (κ3) is 3.36. The summed E-state index contributed by atoms with van der Waals surface area (Å²) in [5.41, 5.74) is 5.27. The number of hydrogen-bond acceptors (Lipinski definition) is 3. The highest BCUT2D eigenvalue weighted by Crippen LogP contribution is 2.28. The second kappa shape index (κ2) is 6.06. The van der Waals surface area contributed by atoms with Crippen molar-refractivity contribution in [3.05, 3.63) is 35.1 Å². The number of ether oxygens (including phenoxy) is 1. The molecule has 0 radical (unpaired) electrons. The second-order valence-corrected chi connectivity index (χ2v) is 4.10. The molecule has 1 rings (SSSR count). The normalized spacial score (nSPS) is 14.1. The molecule has 0 spiro atoms. The fourth-order valence-electron chi connectivity index (χ4n) is 1.36. The quantitative estimate of drug-likeness (QED) is 0.523. The molecule has 0 saturated carbocycles. The lowest BCUT2D eigenvalue weighted by Crippen LogP contribution is -2.29. The van der Waals surface area contributed by atoms with E-state index in [0.29, 0.717) is 12.1 Å². The van der Waals surface area contributed by atoms with Gasteiger partial charge in [0.2, 0.25) is 0 Å². The third-order valence-corrected chi connectivity index (χ3v) is 2.90. The maximum Gasteiger partial charge on any atom is 0.307 e. The Morgan fingerprint density at radius 2 is 1.89 bits per heavy atom. The van der Waals surface area contributed by atoms with Crippen LogP contribution in [0.15, 0.2) is 12.1 Å². The van der Waals surface area contributed by atoms with E-state index in [1.165, 1.54) is 0 Å². The van der Waals surface area contributed by atoms with Crippen LogP contribution in [0.25, 0.3) is 0 Å². The van der Waals surface area contributed by atoms with Crippen molar-refractivity contribution in [3.63, 3.8) is 0 Å². The van der Waals surface area contributed by atoms with Gasteiger partial charge in [0.25, 0.3) is 0 Å². The molecular weight excluding hydrogens is 271 g/mol. The molecular formula is C11H11ClF3NO2. The predicted octanol–water partition coefficient (Wildman–Crippen LogP) is 2.27. The van der Waals surface area contributed by atoms with Crippen molar-refractivity contribution in [1.29, 1.82) is 0 Å². The van der Waals surface area contributed by atoms with Crippen LogP contribution in [0.3, 0.4) is 0 Å². The first-order valence-corrected chi connectivity index (χ1v) is 5.41. The molecule has 1 aromatic carbocycles. The average molecular weight is 282 g/mol. The van der Waals surface area contributed by atoms with Gasteiger partial charge in [-0.15, -0.1) is 11.6 Å². The van der Waals surface area contributed by atoms with Crippen molar-refractivity contribution in [2.75, 3.05) is 7.11 Å². The summed E-state index contributed by atoms with van der Waals surface area (Å²) in [7, 11) is 1.16. The molecule has 1 unspecified atom stereocenters. The van der Waals surface area contributed by atoms with Crippen molar-refractivity contribution in [1.82, 2.24) is 0 Å². The minimum atomic E-state index is -1.32. The topological polar surface area (TPSA) is 52.3 Å². The van der Waals surface area contributed by atoms with Gasteiger partial charge in [-0.25, -0.2) is 13.2 Å². The number of hydrogen-bond donors (Lipinski definition) is 1. The zero-order valence-electron chi connectivity index (χ0n) is 9.42. The number of methoxy groups -OCH3 is 1. The molecule has 7 heteroatoms. The van der Waals surface area contributed by atoms with Crippen molar-refractivity contribution >= 4 is 17.6 Å². The number of carbonyl (C=O) groups is 1. The first kappa shape index (κ1) is 14.8. The van der Waals surface area contributed by atoms with E-state index in [4.69, 9.17) is 17.3 Å². The van der Waals surface area contributed by atoms with Crippen LogP contribution >= 0.6 is 11.6 Å². The summed E-state index contributed by atoms with van der Waals surface area (Å²) < 4.78 is 43.5. The lowest BCUT2D eigenvalue weighted by Gasteiger charge is -2.18. The van der Waals surface area contributed by atoms with Crippen LogP contribution in [-0.2, 0) is 9.53 Å². The second-order valence-electron chi connectivity index (χ2n) is 3.63. The molecule has 0 bridgehead atoms. The van der Waals surface area contributed by atoms with Gasteiger partial charge in [-0.05, 0) is 6.07 Å². The number of halogens is 4. The van der Waals surface area contributed by atoms with Crippen LogP contribution < -0.4 is 5.73 Å². The van der Waals surface area contributed by atoms with Crippen LogP contribution in [0, 0.1) is 17.5 Å². The molecule has 0 aliphatic heterocycles.